The number of nitrogens with zero attached hydrogens (tertiary/aromatic N) is 2. The average molecular weight is 260 g/mol. The number of hydrogen-bond donors (Lipinski definition) is 3. The van der Waals surface area contributed by atoms with Crippen LogP contribution in [0.1, 0.15) is 13.8 Å². The third-order valence-corrected chi connectivity index (χ3v) is 3.03. The fourth-order valence-electron chi connectivity index (χ4n) is 1.98. The maximum atomic E-state index is 4.38. The third kappa shape index (κ3) is 3.71. The quantitative estimate of drug-likeness (QED) is 0.433. The van der Waals surface area contributed by atoms with Gasteiger partial charge in [0.1, 0.15) is 0 Å². The van der Waals surface area contributed by atoms with Crippen molar-refractivity contribution in [1.82, 2.24) is 10.6 Å². The predicted octanol–water partition coefficient (Wildman–Crippen LogP) is 1.06. The van der Waals surface area contributed by atoms with Crippen molar-refractivity contribution in [2.24, 2.45) is 4.99 Å². The van der Waals surface area contributed by atoms with Gasteiger partial charge in [-0.15, -0.1) is 0 Å². The Morgan fingerprint density at radius 1 is 1.21 bits per heavy atom. The van der Waals surface area contributed by atoms with Crippen molar-refractivity contribution in [2.75, 3.05) is 31.5 Å². The minimum atomic E-state index is 0.833. The van der Waals surface area contributed by atoms with Gasteiger partial charge in [-0.25, -0.2) is 15.6 Å². The van der Waals surface area contributed by atoms with E-state index in [0.29, 0.717) is 0 Å². The molecule has 0 aliphatic carbocycles. The molecule has 5 nitrogen and oxygen atoms in total. The summed E-state index contributed by atoms with van der Waals surface area (Å²) in [5, 5.41) is 9.98. The van der Waals surface area contributed by atoms with Crippen molar-refractivity contribution in [2.45, 2.75) is 13.8 Å². The normalized spacial score (nSPS) is 13.5. The smallest absolute Gasteiger partial charge is 0.341 e. The molecule has 1 heterocycles. The highest BCUT2D eigenvalue weighted by Gasteiger charge is 2.17. The second kappa shape index (κ2) is 6.78. The summed E-state index contributed by atoms with van der Waals surface area (Å²) in [4.78, 5) is 4.38. The van der Waals surface area contributed by atoms with Crippen molar-refractivity contribution in [1.29, 1.82) is 0 Å². The first kappa shape index (κ1) is 13.4. The largest absolute Gasteiger partial charge is 0.358 e. The highest BCUT2D eigenvalue weighted by Crippen LogP contribution is 2.04. The van der Waals surface area contributed by atoms with E-state index in [1.807, 2.05) is 18.2 Å². The van der Waals surface area contributed by atoms with Crippen LogP contribution in [0.3, 0.4) is 0 Å². The first-order valence-electron chi connectivity index (χ1n) is 6.82. The molecule has 102 valence electrons. The lowest BCUT2D eigenvalue weighted by atomic mass is 10.3. The van der Waals surface area contributed by atoms with Gasteiger partial charge in [-0.1, -0.05) is 18.2 Å². The summed E-state index contributed by atoms with van der Waals surface area (Å²) in [6, 6.07) is 10.2. The zero-order valence-corrected chi connectivity index (χ0v) is 11.6. The van der Waals surface area contributed by atoms with E-state index in [-0.39, 0.29) is 0 Å². The zero-order valence-electron chi connectivity index (χ0n) is 11.6. The van der Waals surface area contributed by atoms with Gasteiger partial charge in [-0.3, -0.25) is 4.58 Å². The van der Waals surface area contributed by atoms with Crippen LogP contribution in [0.5, 0.6) is 0 Å². The van der Waals surface area contributed by atoms with Gasteiger partial charge in [-0.05, 0) is 26.0 Å². The van der Waals surface area contributed by atoms with Gasteiger partial charge in [0.25, 0.3) is 5.96 Å². The van der Waals surface area contributed by atoms with Crippen LogP contribution in [0, 0.1) is 0 Å². The number of guanidine groups is 2. The van der Waals surface area contributed by atoms with Gasteiger partial charge < -0.3 is 5.32 Å². The summed E-state index contributed by atoms with van der Waals surface area (Å²) in [7, 11) is 0. The molecule has 1 aromatic carbocycles. The standard InChI is InChI=1S/C14H21N5/c1-3-19(4-2)14(18-13-15-10-11-16-13)17-12-8-6-5-7-9-12/h5-9H,3-4,10-11H2,1-2H3,(H2,15,16,17,18)/p+1. The third-order valence-electron chi connectivity index (χ3n) is 3.03. The second-order valence-corrected chi connectivity index (χ2v) is 4.29. The zero-order chi connectivity index (χ0) is 13.5. The van der Waals surface area contributed by atoms with E-state index in [4.69, 9.17) is 0 Å². The molecule has 0 spiro atoms. The van der Waals surface area contributed by atoms with Crippen LogP contribution in [0.2, 0.25) is 0 Å². The van der Waals surface area contributed by atoms with E-state index in [1.165, 1.54) is 0 Å². The van der Waals surface area contributed by atoms with Crippen LogP contribution in [0.15, 0.2) is 35.3 Å². The number of nitrogens with one attached hydrogen (secondary N) is 3. The molecule has 0 fully saturated rings. The number of para-hydroxylation sites is 1. The summed E-state index contributed by atoms with van der Waals surface area (Å²) in [6.07, 6.45) is 0. The van der Waals surface area contributed by atoms with Gasteiger partial charge in [0.15, 0.2) is 0 Å². The SMILES string of the molecule is CC[N+](CC)=C(NC1=NCCN1)Nc1ccccc1. The van der Waals surface area contributed by atoms with E-state index < -0.39 is 0 Å². The van der Waals surface area contributed by atoms with E-state index >= 15 is 0 Å². The molecule has 0 atom stereocenters. The maximum Gasteiger partial charge on any atom is 0.358 e. The molecule has 2 rings (SSSR count). The highest BCUT2D eigenvalue weighted by molar-refractivity contribution is 6.03. The van der Waals surface area contributed by atoms with E-state index in [2.05, 4.69) is 51.5 Å². The molecule has 5 heteroatoms. The maximum absolute atomic E-state index is 4.38. The monoisotopic (exact) mass is 260 g/mol. The molecule has 0 amide bonds. The fraction of sp³-hybridized carbons (Fsp3) is 0.429. The lowest BCUT2D eigenvalue weighted by molar-refractivity contribution is -0.522. The Bertz CT molecular complexity index is 458. The van der Waals surface area contributed by atoms with Crippen LogP contribution in [-0.4, -0.2) is 42.7 Å². The fourth-order valence-corrected chi connectivity index (χ4v) is 1.98. The van der Waals surface area contributed by atoms with Crippen molar-refractivity contribution in [3.05, 3.63) is 30.3 Å². The van der Waals surface area contributed by atoms with Gasteiger partial charge in [0.05, 0.1) is 25.3 Å². The molecule has 0 saturated heterocycles. The molecule has 0 bridgehead atoms. The number of anilines is 1. The first-order valence-corrected chi connectivity index (χ1v) is 6.82. The molecule has 1 aliphatic rings. The van der Waals surface area contributed by atoms with Crippen molar-refractivity contribution >= 4 is 17.6 Å². The van der Waals surface area contributed by atoms with Crippen molar-refractivity contribution in [3.63, 3.8) is 0 Å². The Morgan fingerprint density at radius 3 is 2.53 bits per heavy atom. The molecular formula is C14H22N5+. The number of rotatable bonds is 3. The Hall–Kier alpha value is -2.04. The Kier molecular flexibility index (Phi) is 4.78. The average Bonchev–Trinajstić information content (AvgIpc) is 2.94. The molecular weight excluding hydrogens is 238 g/mol. The molecule has 0 aromatic heterocycles. The molecule has 1 aliphatic heterocycles. The minimum Gasteiger partial charge on any atom is -0.341 e. The van der Waals surface area contributed by atoms with Crippen LogP contribution < -0.4 is 16.0 Å². The van der Waals surface area contributed by atoms with Gasteiger partial charge in [-0.2, -0.15) is 0 Å². The molecule has 1 aromatic rings. The highest BCUT2D eigenvalue weighted by atomic mass is 15.3. The lowest BCUT2D eigenvalue weighted by Gasteiger charge is -2.11. The Balaban J connectivity index is 2.16. The number of aliphatic imine (C=N–C) groups is 1. The van der Waals surface area contributed by atoms with Crippen LogP contribution in [0.4, 0.5) is 5.69 Å². The number of benzene rings is 1. The summed E-state index contributed by atoms with van der Waals surface area (Å²) >= 11 is 0. The van der Waals surface area contributed by atoms with E-state index in [0.717, 1.165) is 43.8 Å². The predicted molar refractivity (Wildman–Crippen MR) is 79.9 cm³/mol. The summed E-state index contributed by atoms with van der Waals surface area (Å²) in [5.74, 6) is 1.80. The molecule has 0 radical (unpaired) electrons. The van der Waals surface area contributed by atoms with Crippen LogP contribution in [0.25, 0.3) is 0 Å². The Morgan fingerprint density at radius 2 is 1.95 bits per heavy atom. The Labute approximate surface area is 114 Å². The molecule has 3 N–H and O–H groups in total. The topological polar surface area (TPSA) is 51.5 Å². The molecule has 0 saturated carbocycles. The van der Waals surface area contributed by atoms with Crippen molar-refractivity contribution in [3.8, 4) is 0 Å². The van der Waals surface area contributed by atoms with Gasteiger partial charge in [0.2, 0.25) is 0 Å². The molecule has 0 unspecified atom stereocenters. The summed E-state index contributed by atoms with van der Waals surface area (Å²) < 4.78 is 2.23. The minimum absolute atomic E-state index is 0.833. The lowest BCUT2D eigenvalue weighted by Crippen LogP contribution is -2.46. The summed E-state index contributed by atoms with van der Waals surface area (Å²) in [5.41, 5.74) is 1.07. The summed E-state index contributed by atoms with van der Waals surface area (Å²) in [6.45, 7) is 7.89. The van der Waals surface area contributed by atoms with Gasteiger partial charge >= 0.3 is 5.96 Å². The van der Waals surface area contributed by atoms with Gasteiger partial charge in [0, 0.05) is 6.54 Å². The van der Waals surface area contributed by atoms with E-state index in [1.54, 1.807) is 0 Å². The van der Waals surface area contributed by atoms with Crippen molar-refractivity contribution < 1.29 is 4.58 Å². The second-order valence-electron chi connectivity index (χ2n) is 4.29. The van der Waals surface area contributed by atoms with E-state index in [9.17, 15) is 0 Å². The first-order chi connectivity index (χ1) is 9.33. The van der Waals surface area contributed by atoms with Crippen LogP contribution in [-0.2, 0) is 0 Å². The van der Waals surface area contributed by atoms with Crippen LogP contribution >= 0.6 is 0 Å². The molecule has 19 heavy (non-hydrogen) atoms. The number of hydrogen-bond acceptors (Lipinski definition) is 2.